The lowest BCUT2D eigenvalue weighted by atomic mass is 9.96. The summed E-state index contributed by atoms with van der Waals surface area (Å²) in [5, 5.41) is 21.5. The van der Waals surface area contributed by atoms with E-state index >= 15 is 0 Å². The van der Waals surface area contributed by atoms with Gasteiger partial charge in [0.2, 0.25) is 0 Å². The molecule has 0 radical (unpaired) electrons. The van der Waals surface area contributed by atoms with Gasteiger partial charge in [0.15, 0.2) is 0 Å². The van der Waals surface area contributed by atoms with Gasteiger partial charge in [-0.05, 0) is 49.5 Å². The molecular weight excluding hydrogens is 594 g/mol. The van der Waals surface area contributed by atoms with Crippen molar-refractivity contribution in [1.82, 2.24) is 0 Å². The average Bonchev–Trinajstić information content (AvgIpc) is 2.85. The number of thioether (sulfide) groups is 1. The summed E-state index contributed by atoms with van der Waals surface area (Å²) in [5.41, 5.74) is -3.84. The first-order valence-electron chi connectivity index (χ1n) is 12.8. The van der Waals surface area contributed by atoms with Crippen LogP contribution >= 0.6 is 11.8 Å². The van der Waals surface area contributed by atoms with Gasteiger partial charge in [0.05, 0.1) is 17.2 Å². The molecule has 1 amide bonds. The standard InChI is InChI=1S/C26H32F10N2O2S/c1-22(40,21(39)38-19-11-10-18(17-37)20(16-19)24(29,30)31)12-8-6-4-2-3-5-7-9-14-41-15-13-23(27,28)25(32,33)26(34,35)36/h10-11,16,40H,2-9,12-15H2,1H3,(H,38,39)/t22-/m0/s1. The van der Waals surface area contributed by atoms with E-state index in [1.54, 1.807) is 0 Å². The Bertz CT molecular complexity index is 1020. The number of hydrogen-bond donors (Lipinski definition) is 2. The summed E-state index contributed by atoms with van der Waals surface area (Å²) < 4.78 is 128. The van der Waals surface area contributed by atoms with Crippen LogP contribution in [0.25, 0.3) is 0 Å². The van der Waals surface area contributed by atoms with Crippen molar-refractivity contribution in [3.05, 3.63) is 29.3 Å². The van der Waals surface area contributed by atoms with Crippen LogP contribution in [-0.2, 0) is 11.0 Å². The van der Waals surface area contributed by atoms with Gasteiger partial charge in [-0.15, -0.1) is 0 Å². The molecule has 0 aliphatic rings. The lowest BCUT2D eigenvalue weighted by Gasteiger charge is -2.28. The van der Waals surface area contributed by atoms with Crippen molar-refractivity contribution in [2.75, 3.05) is 16.8 Å². The number of anilines is 1. The minimum Gasteiger partial charge on any atom is -0.380 e. The van der Waals surface area contributed by atoms with Crippen LogP contribution in [-0.4, -0.2) is 46.1 Å². The number of alkyl halides is 10. The highest BCUT2D eigenvalue weighted by molar-refractivity contribution is 7.99. The van der Waals surface area contributed by atoms with Crippen molar-refractivity contribution in [3.8, 4) is 6.07 Å². The summed E-state index contributed by atoms with van der Waals surface area (Å²) in [4.78, 5) is 12.4. The number of rotatable bonds is 17. The molecule has 0 spiro atoms. The van der Waals surface area contributed by atoms with Gasteiger partial charge in [0.1, 0.15) is 5.60 Å². The molecule has 0 saturated carbocycles. The number of nitrogens with zero attached hydrogens (tertiary/aromatic N) is 1. The molecule has 1 aromatic rings. The number of benzene rings is 1. The monoisotopic (exact) mass is 626 g/mol. The van der Waals surface area contributed by atoms with Gasteiger partial charge < -0.3 is 10.4 Å². The van der Waals surface area contributed by atoms with Crippen LogP contribution in [0.2, 0.25) is 0 Å². The number of nitriles is 1. The lowest BCUT2D eigenvalue weighted by Crippen LogP contribution is -2.52. The third-order valence-corrected chi connectivity index (χ3v) is 7.34. The topological polar surface area (TPSA) is 73.1 Å². The summed E-state index contributed by atoms with van der Waals surface area (Å²) in [6.45, 7) is 1.25. The third kappa shape index (κ3) is 11.5. The lowest BCUT2D eigenvalue weighted by molar-refractivity contribution is -0.354. The molecule has 0 saturated heterocycles. The predicted octanol–water partition coefficient (Wildman–Crippen LogP) is 8.73. The Morgan fingerprint density at radius 3 is 1.90 bits per heavy atom. The van der Waals surface area contributed by atoms with Crippen LogP contribution < -0.4 is 5.32 Å². The van der Waals surface area contributed by atoms with Crippen LogP contribution in [0.15, 0.2) is 18.2 Å². The molecule has 0 aliphatic carbocycles. The molecule has 15 heteroatoms. The van der Waals surface area contributed by atoms with E-state index in [0.717, 1.165) is 56.0 Å². The smallest absolute Gasteiger partial charge is 0.380 e. The first kappa shape index (κ1) is 36.8. The van der Waals surface area contributed by atoms with Gasteiger partial charge in [0.25, 0.3) is 5.91 Å². The van der Waals surface area contributed by atoms with Crippen LogP contribution in [0, 0.1) is 11.3 Å². The molecule has 2 N–H and O–H groups in total. The van der Waals surface area contributed by atoms with Gasteiger partial charge in [-0.2, -0.15) is 60.9 Å². The molecule has 1 atom stereocenters. The van der Waals surface area contributed by atoms with E-state index in [4.69, 9.17) is 5.26 Å². The molecule has 0 unspecified atom stereocenters. The molecule has 234 valence electrons. The Labute approximate surface area is 235 Å². The second-order valence-corrected chi connectivity index (χ2v) is 11.0. The number of aliphatic hydroxyl groups is 1. The number of amides is 1. The number of nitrogens with one attached hydrogen (secondary N) is 1. The van der Waals surface area contributed by atoms with Crippen LogP contribution in [0.1, 0.15) is 82.3 Å². The van der Waals surface area contributed by atoms with Crippen LogP contribution in [0.4, 0.5) is 49.6 Å². The summed E-state index contributed by atoms with van der Waals surface area (Å²) in [5.74, 6) is -12.3. The highest BCUT2D eigenvalue weighted by Gasteiger charge is 2.72. The summed E-state index contributed by atoms with van der Waals surface area (Å²) in [6, 6.07) is 4.13. The molecule has 0 aliphatic heterocycles. The zero-order chi connectivity index (χ0) is 31.5. The second kappa shape index (κ2) is 15.3. The van der Waals surface area contributed by atoms with Crippen molar-refractivity contribution >= 4 is 23.4 Å². The van der Waals surface area contributed by atoms with Gasteiger partial charge >= 0.3 is 24.2 Å². The average molecular weight is 627 g/mol. The molecule has 1 rings (SSSR count). The van der Waals surface area contributed by atoms with E-state index in [0.29, 0.717) is 31.1 Å². The fourth-order valence-electron chi connectivity index (χ4n) is 3.73. The number of carbonyl (C=O) groups excluding carboxylic acids is 1. The zero-order valence-corrected chi connectivity index (χ0v) is 23.0. The summed E-state index contributed by atoms with van der Waals surface area (Å²) in [7, 11) is 0. The summed E-state index contributed by atoms with van der Waals surface area (Å²) >= 11 is 0.890. The third-order valence-electron chi connectivity index (χ3n) is 6.27. The molecule has 41 heavy (non-hydrogen) atoms. The van der Waals surface area contributed by atoms with Gasteiger partial charge in [-0.3, -0.25) is 4.79 Å². The largest absolute Gasteiger partial charge is 0.459 e. The highest BCUT2D eigenvalue weighted by Crippen LogP contribution is 2.48. The van der Waals surface area contributed by atoms with E-state index in [9.17, 15) is 53.8 Å². The van der Waals surface area contributed by atoms with Crippen molar-refractivity contribution < 1.29 is 53.8 Å². The molecule has 0 bridgehead atoms. The van der Waals surface area contributed by atoms with Gasteiger partial charge in [-0.25, -0.2) is 0 Å². The fraction of sp³-hybridized carbons (Fsp3) is 0.692. The Hall–Kier alpha value is -2.21. The minimum absolute atomic E-state index is 0.0619. The number of unbranched alkanes of at least 4 members (excludes halogenated alkanes) is 7. The Balaban J connectivity index is 2.21. The first-order valence-corrected chi connectivity index (χ1v) is 14.0. The van der Waals surface area contributed by atoms with E-state index in [-0.39, 0.29) is 12.1 Å². The van der Waals surface area contributed by atoms with Crippen molar-refractivity contribution in [2.45, 2.75) is 101 Å². The molecular formula is C26H32F10N2O2S. The van der Waals surface area contributed by atoms with Gasteiger partial charge in [-0.1, -0.05) is 44.9 Å². The van der Waals surface area contributed by atoms with Crippen molar-refractivity contribution in [1.29, 1.82) is 5.26 Å². The maximum atomic E-state index is 13.2. The quantitative estimate of drug-likeness (QED) is 0.134. The second-order valence-electron chi connectivity index (χ2n) is 9.82. The first-order chi connectivity index (χ1) is 18.8. The van der Waals surface area contributed by atoms with E-state index < -0.39 is 59.0 Å². The predicted molar refractivity (Wildman–Crippen MR) is 135 cm³/mol. The molecule has 1 aromatic carbocycles. The minimum atomic E-state index is -6.31. The number of carbonyl (C=O) groups is 1. The van der Waals surface area contributed by atoms with Crippen molar-refractivity contribution in [2.24, 2.45) is 0 Å². The van der Waals surface area contributed by atoms with E-state index in [2.05, 4.69) is 5.32 Å². The molecule has 0 heterocycles. The van der Waals surface area contributed by atoms with E-state index in [1.807, 2.05) is 0 Å². The van der Waals surface area contributed by atoms with Gasteiger partial charge in [0, 0.05) is 12.1 Å². The maximum Gasteiger partial charge on any atom is 0.459 e. The zero-order valence-electron chi connectivity index (χ0n) is 22.2. The SMILES string of the molecule is C[C@](O)(CCCCCCCCCCSCCC(F)(F)C(F)(F)C(F)(F)F)C(=O)Nc1ccc(C#N)c(C(F)(F)F)c1. The number of halogens is 10. The van der Waals surface area contributed by atoms with E-state index in [1.165, 1.54) is 13.0 Å². The van der Waals surface area contributed by atoms with Crippen molar-refractivity contribution in [3.63, 3.8) is 0 Å². The highest BCUT2D eigenvalue weighted by atomic mass is 32.2. The molecule has 0 aromatic heterocycles. The van der Waals surface area contributed by atoms with Crippen LogP contribution in [0.5, 0.6) is 0 Å². The summed E-state index contributed by atoms with van der Waals surface area (Å²) in [6.07, 6.45) is -6.93. The number of hydrogen-bond acceptors (Lipinski definition) is 4. The fourth-order valence-corrected chi connectivity index (χ4v) is 4.75. The Morgan fingerprint density at radius 2 is 1.39 bits per heavy atom. The molecule has 0 fully saturated rings. The Morgan fingerprint density at radius 1 is 0.854 bits per heavy atom. The maximum absolute atomic E-state index is 13.2. The normalized spacial score (nSPS) is 14.4. The van der Waals surface area contributed by atoms with Crippen LogP contribution in [0.3, 0.4) is 0 Å². The molecule has 4 nitrogen and oxygen atoms in total. The Kier molecular flexibility index (Phi) is 13.8.